The van der Waals surface area contributed by atoms with Gasteiger partial charge in [-0.05, 0) is 17.2 Å². The van der Waals surface area contributed by atoms with Gasteiger partial charge in [0.15, 0.2) is 0 Å². The standard InChI is InChI=1S/C8H8FN/c9-8-3-6-1-2-10-5-7(6)4-8/h1-2,5,8H,3-4H2. The van der Waals surface area contributed by atoms with Crippen molar-refractivity contribution in [3.63, 3.8) is 0 Å². The molecule has 1 aliphatic carbocycles. The highest BCUT2D eigenvalue weighted by molar-refractivity contribution is 5.29. The topological polar surface area (TPSA) is 12.9 Å². The molecule has 52 valence electrons. The Morgan fingerprint density at radius 1 is 1.40 bits per heavy atom. The zero-order valence-corrected chi connectivity index (χ0v) is 5.55. The molecule has 0 saturated carbocycles. The number of nitrogens with zero attached hydrogens (tertiary/aromatic N) is 1. The van der Waals surface area contributed by atoms with E-state index in [1.54, 1.807) is 12.4 Å². The maximum absolute atomic E-state index is 12.7. The molecule has 1 heterocycles. The van der Waals surface area contributed by atoms with Gasteiger partial charge in [0.2, 0.25) is 0 Å². The number of fused-ring (bicyclic) bond motifs is 1. The number of aromatic nitrogens is 1. The normalized spacial score (nSPS) is 22.7. The highest BCUT2D eigenvalue weighted by Crippen LogP contribution is 2.22. The molecule has 0 aliphatic heterocycles. The van der Waals surface area contributed by atoms with Gasteiger partial charge < -0.3 is 0 Å². The van der Waals surface area contributed by atoms with Crippen LogP contribution in [0.1, 0.15) is 11.1 Å². The fourth-order valence-corrected chi connectivity index (χ4v) is 1.39. The van der Waals surface area contributed by atoms with Gasteiger partial charge in [-0.2, -0.15) is 0 Å². The molecule has 1 atom stereocenters. The van der Waals surface area contributed by atoms with Crippen LogP contribution in [0.5, 0.6) is 0 Å². The predicted octanol–water partition coefficient (Wildman–Crippen LogP) is 1.52. The molecule has 0 saturated heterocycles. The van der Waals surface area contributed by atoms with Gasteiger partial charge in [-0.3, -0.25) is 4.98 Å². The zero-order valence-electron chi connectivity index (χ0n) is 5.55. The Balaban J connectivity index is 2.42. The minimum Gasteiger partial charge on any atom is -0.264 e. The largest absolute Gasteiger partial charge is 0.264 e. The number of alkyl halides is 1. The Hall–Kier alpha value is -0.920. The summed E-state index contributed by atoms with van der Waals surface area (Å²) in [6.45, 7) is 0. The second-order valence-corrected chi connectivity index (χ2v) is 2.65. The first-order valence-electron chi connectivity index (χ1n) is 3.42. The van der Waals surface area contributed by atoms with Crippen LogP contribution in [0.15, 0.2) is 18.5 Å². The fourth-order valence-electron chi connectivity index (χ4n) is 1.39. The Kier molecular flexibility index (Phi) is 1.19. The van der Waals surface area contributed by atoms with Crippen LogP contribution in [0.4, 0.5) is 4.39 Å². The second-order valence-electron chi connectivity index (χ2n) is 2.65. The van der Waals surface area contributed by atoms with Crippen LogP contribution < -0.4 is 0 Å². The second kappa shape index (κ2) is 2.04. The van der Waals surface area contributed by atoms with Crippen molar-refractivity contribution >= 4 is 0 Å². The third kappa shape index (κ3) is 0.801. The van der Waals surface area contributed by atoms with Gasteiger partial charge >= 0.3 is 0 Å². The molecule has 0 radical (unpaired) electrons. The van der Waals surface area contributed by atoms with Crippen LogP contribution in [0.25, 0.3) is 0 Å². The minimum absolute atomic E-state index is 0.559. The van der Waals surface area contributed by atoms with Gasteiger partial charge in [0.1, 0.15) is 6.17 Å². The highest BCUT2D eigenvalue weighted by Gasteiger charge is 2.19. The Bertz CT molecular complexity index is 222. The van der Waals surface area contributed by atoms with Crippen LogP contribution in [-0.2, 0) is 12.8 Å². The lowest BCUT2D eigenvalue weighted by Gasteiger charge is -1.91. The monoisotopic (exact) mass is 137 g/mol. The van der Waals surface area contributed by atoms with E-state index in [-0.39, 0.29) is 0 Å². The van der Waals surface area contributed by atoms with E-state index in [4.69, 9.17) is 0 Å². The van der Waals surface area contributed by atoms with E-state index in [0.717, 1.165) is 11.1 Å². The van der Waals surface area contributed by atoms with Crippen molar-refractivity contribution in [3.05, 3.63) is 29.6 Å². The van der Waals surface area contributed by atoms with Gasteiger partial charge in [-0.25, -0.2) is 4.39 Å². The van der Waals surface area contributed by atoms with Gasteiger partial charge in [0.25, 0.3) is 0 Å². The first kappa shape index (κ1) is 5.83. The summed E-state index contributed by atoms with van der Waals surface area (Å²) < 4.78 is 12.7. The molecule has 1 aliphatic rings. The summed E-state index contributed by atoms with van der Waals surface area (Å²) in [5.41, 5.74) is 2.21. The quantitative estimate of drug-likeness (QED) is 0.528. The van der Waals surface area contributed by atoms with Crippen molar-refractivity contribution in [2.75, 3.05) is 0 Å². The fraction of sp³-hybridized carbons (Fsp3) is 0.375. The van der Waals surface area contributed by atoms with Gasteiger partial charge in [-0.15, -0.1) is 0 Å². The molecule has 2 heteroatoms. The highest BCUT2D eigenvalue weighted by atomic mass is 19.1. The molecule has 10 heavy (non-hydrogen) atoms. The molecule has 0 aromatic carbocycles. The van der Waals surface area contributed by atoms with Crippen LogP contribution >= 0.6 is 0 Å². The van der Waals surface area contributed by atoms with Crippen molar-refractivity contribution in [2.24, 2.45) is 0 Å². The summed E-state index contributed by atoms with van der Waals surface area (Å²) in [4.78, 5) is 3.92. The van der Waals surface area contributed by atoms with E-state index in [1.165, 1.54) is 0 Å². The first-order valence-corrected chi connectivity index (χ1v) is 3.42. The molecule has 0 fully saturated rings. The van der Waals surface area contributed by atoms with E-state index in [9.17, 15) is 4.39 Å². The number of hydrogen-bond acceptors (Lipinski definition) is 1. The molecule has 1 unspecified atom stereocenters. The maximum atomic E-state index is 12.7. The first-order chi connectivity index (χ1) is 4.86. The Labute approximate surface area is 58.9 Å². The average molecular weight is 137 g/mol. The maximum Gasteiger partial charge on any atom is 0.108 e. The molecular weight excluding hydrogens is 129 g/mol. The van der Waals surface area contributed by atoms with Crippen LogP contribution in [0, 0.1) is 0 Å². The molecule has 0 spiro atoms. The summed E-state index contributed by atoms with van der Waals surface area (Å²) in [7, 11) is 0. The van der Waals surface area contributed by atoms with Crippen LogP contribution in [0.3, 0.4) is 0 Å². The summed E-state index contributed by atoms with van der Waals surface area (Å²) in [6.07, 6.45) is 3.95. The summed E-state index contributed by atoms with van der Waals surface area (Å²) >= 11 is 0. The van der Waals surface area contributed by atoms with Gasteiger partial charge in [0, 0.05) is 25.2 Å². The van der Waals surface area contributed by atoms with Gasteiger partial charge in [0.05, 0.1) is 0 Å². The molecule has 1 aromatic rings. The molecule has 0 bridgehead atoms. The smallest absolute Gasteiger partial charge is 0.108 e. The lowest BCUT2D eigenvalue weighted by Crippen LogP contribution is -1.95. The van der Waals surface area contributed by atoms with E-state index < -0.39 is 6.17 Å². The molecule has 0 N–H and O–H groups in total. The number of rotatable bonds is 0. The van der Waals surface area contributed by atoms with E-state index in [0.29, 0.717) is 12.8 Å². The molecule has 2 rings (SSSR count). The van der Waals surface area contributed by atoms with E-state index in [2.05, 4.69) is 4.98 Å². The number of pyridine rings is 1. The van der Waals surface area contributed by atoms with Crippen LogP contribution in [0.2, 0.25) is 0 Å². The summed E-state index contributed by atoms with van der Waals surface area (Å²) in [6, 6.07) is 1.90. The number of halogens is 1. The summed E-state index contributed by atoms with van der Waals surface area (Å²) in [5.74, 6) is 0. The molecule has 1 aromatic heterocycles. The lowest BCUT2D eigenvalue weighted by atomic mass is 10.2. The minimum atomic E-state index is -0.667. The molecule has 1 nitrogen and oxygen atoms in total. The predicted molar refractivity (Wildman–Crippen MR) is 36.5 cm³/mol. The number of hydrogen-bond donors (Lipinski definition) is 0. The third-order valence-electron chi connectivity index (χ3n) is 1.89. The average Bonchev–Trinajstić information content (AvgIpc) is 2.27. The molecular formula is C8H8FN. The van der Waals surface area contributed by atoms with Crippen molar-refractivity contribution < 1.29 is 4.39 Å². The SMILES string of the molecule is FC1Cc2ccncc2C1. The van der Waals surface area contributed by atoms with Crippen molar-refractivity contribution in [3.8, 4) is 0 Å². The Morgan fingerprint density at radius 2 is 2.20 bits per heavy atom. The lowest BCUT2D eigenvalue weighted by molar-refractivity contribution is 0.349. The Morgan fingerprint density at radius 3 is 3.00 bits per heavy atom. The van der Waals surface area contributed by atoms with E-state index in [1.807, 2.05) is 6.07 Å². The summed E-state index contributed by atoms with van der Waals surface area (Å²) in [5, 5.41) is 0. The molecule has 0 amide bonds. The van der Waals surface area contributed by atoms with E-state index >= 15 is 0 Å². The van der Waals surface area contributed by atoms with Crippen molar-refractivity contribution in [1.82, 2.24) is 4.98 Å². The van der Waals surface area contributed by atoms with Crippen molar-refractivity contribution in [2.45, 2.75) is 19.0 Å². The zero-order chi connectivity index (χ0) is 6.97. The third-order valence-corrected chi connectivity index (χ3v) is 1.89. The van der Waals surface area contributed by atoms with Crippen molar-refractivity contribution in [1.29, 1.82) is 0 Å². The van der Waals surface area contributed by atoms with Crippen LogP contribution in [-0.4, -0.2) is 11.2 Å². The van der Waals surface area contributed by atoms with Gasteiger partial charge in [-0.1, -0.05) is 0 Å².